The van der Waals surface area contributed by atoms with E-state index < -0.39 is 0 Å². The minimum absolute atomic E-state index is 0.642. The summed E-state index contributed by atoms with van der Waals surface area (Å²) in [5.41, 5.74) is 1.18. The first-order valence-electron chi connectivity index (χ1n) is 8.93. The van der Waals surface area contributed by atoms with Crippen LogP contribution in [0.25, 0.3) is 10.8 Å². The Hall–Kier alpha value is -2.27. The van der Waals surface area contributed by atoms with Gasteiger partial charge in [-0.3, -0.25) is 0 Å². The number of hydrogen-bond donors (Lipinski definition) is 2. The molecular weight excluding hydrogens is 314 g/mol. The lowest BCUT2D eigenvalue weighted by atomic mass is 10.1. The summed E-state index contributed by atoms with van der Waals surface area (Å²) in [4.78, 5) is 4.67. The van der Waals surface area contributed by atoms with E-state index in [1.54, 1.807) is 7.11 Å². The molecule has 136 valence electrons. The maximum Gasteiger partial charge on any atom is 0.191 e. The van der Waals surface area contributed by atoms with Crippen LogP contribution >= 0.6 is 0 Å². The molecule has 0 fully saturated rings. The van der Waals surface area contributed by atoms with Gasteiger partial charge in [0.1, 0.15) is 5.75 Å². The number of nitrogens with one attached hydrogen (secondary N) is 2. The van der Waals surface area contributed by atoms with Crippen LogP contribution in [0.4, 0.5) is 0 Å². The van der Waals surface area contributed by atoms with E-state index >= 15 is 0 Å². The van der Waals surface area contributed by atoms with Gasteiger partial charge in [-0.1, -0.05) is 18.2 Å². The highest BCUT2D eigenvalue weighted by molar-refractivity contribution is 5.84. The Balaban J connectivity index is 1.97. The number of rotatable bonds is 9. The molecule has 5 heteroatoms. The van der Waals surface area contributed by atoms with Crippen LogP contribution < -0.4 is 15.4 Å². The number of nitrogens with zero attached hydrogens (tertiary/aromatic N) is 1. The van der Waals surface area contributed by atoms with Crippen LogP contribution in [-0.4, -0.2) is 39.4 Å². The molecule has 0 aliphatic rings. The van der Waals surface area contributed by atoms with E-state index in [1.165, 1.54) is 16.3 Å². The van der Waals surface area contributed by atoms with Crippen molar-refractivity contribution in [1.82, 2.24) is 10.6 Å². The smallest absolute Gasteiger partial charge is 0.191 e. The summed E-state index contributed by atoms with van der Waals surface area (Å²) in [5, 5.41) is 8.99. The Morgan fingerprint density at radius 2 is 1.84 bits per heavy atom. The van der Waals surface area contributed by atoms with Crippen LogP contribution in [0, 0.1) is 0 Å². The largest absolute Gasteiger partial charge is 0.497 e. The minimum Gasteiger partial charge on any atom is -0.497 e. The van der Waals surface area contributed by atoms with Crippen molar-refractivity contribution in [3.63, 3.8) is 0 Å². The van der Waals surface area contributed by atoms with Crippen molar-refractivity contribution >= 4 is 16.7 Å². The van der Waals surface area contributed by atoms with Gasteiger partial charge in [-0.2, -0.15) is 0 Å². The van der Waals surface area contributed by atoms with E-state index in [9.17, 15) is 0 Å². The van der Waals surface area contributed by atoms with Gasteiger partial charge in [-0.25, -0.2) is 4.99 Å². The third-order valence-electron chi connectivity index (χ3n) is 3.84. The number of hydrogen-bond acceptors (Lipinski definition) is 3. The average molecular weight is 343 g/mol. The van der Waals surface area contributed by atoms with Gasteiger partial charge in [0.05, 0.1) is 13.7 Å². The average Bonchev–Trinajstić information content (AvgIpc) is 2.65. The number of guanidine groups is 1. The van der Waals surface area contributed by atoms with Gasteiger partial charge in [0, 0.05) is 26.3 Å². The third-order valence-corrected chi connectivity index (χ3v) is 3.84. The van der Waals surface area contributed by atoms with Gasteiger partial charge in [-0.15, -0.1) is 0 Å². The van der Waals surface area contributed by atoms with Crippen LogP contribution in [-0.2, 0) is 11.3 Å². The first-order valence-corrected chi connectivity index (χ1v) is 8.93. The van der Waals surface area contributed by atoms with Crippen LogP contribution in [0.15, 0.2) is 41.4 Å². The fourth-order valence-electron chi connectivity index (χ4n) is 2.54. The van der Waals surface area contributed by atoms with Gasteiger partial charge < -0.3 is 20.1 Å². The molecule has 5 nitrogen and oxygen atoms in total. The normalized spacial score (nSPS) is 11.6. The predicted octanol–water partition coefficient (Wildman–Crippen LogP) is 3.33. The standard InChI is InChI=1S/C20H29N3O2/c1-4-21-20(22-11-6-12-25-5-2)23-15-16-7-8-18-14-19(24-3)10-9-17(18)13-16/h7-10,13-14H,4-6,11-12,15H2,1-3H3,(H2,21,22,23). The van der Waals surface area contributed by atoms with Gasteiger partial charge in [0.15, 0.2) is 5.96 Å². The van der Waals surface area contributed by atoms with E-state index in [1.807, 2.05) is 19.1 Å². The molecule has 0 saturated heterocycles. The molecule has 0 radical (unpaired) electrons. The third kappa shape index (κ3) is 6.27. The van der Waals surface area contributed by atoms with Crippen LogP contribution in [0.5, 0.6) is 5.75 Å². The molecule has 0 unspecified atom stereocenters. The highest BCUT2D eigenvalue weighted by Crippen LogP contribution is 2.22. The molecule has 0 aliphatic carbocycles. The molecule has 25 heavy (non-hydrogen) atoms. The van der Waals surface area contributed by atoms with Crippen LogP contribution in [0.1, 0.15) is 25.8 Å². The Bertz CT molecular complexity index is 686. The molecule has 0 bridgehead atoms. The molecule has 2 aromatic rings. The van der Waals surface area contributed by atoms with Crippen molar-refractivity contribution in [2.45, 2.75) is 26.8 Å². The van der Waals surface area contributed by atoms with Gasteiger partial charge in [-0.05, 0) is 54.8 Å². The minimum atomic E-state index is 0.642. The molecule has 0 saturated carbocycles. The lowest BCUT2D eigenvalue weighted by molar-refractivity contribution is 0.145. The molecular formula is C20H29N3O2. The molecule has 0 amide bonds. The van der Waals surface area contributed by atoms with Gasteiger partial charge >= 0.3 is 0 Å². The van der Waals surface area contributed by atoms with Crippen LogP contribution in [0.3, 0.4) is 0 Å². The lowest BCUT2D eigenvalue weighted by Gasteiger charge is -2.11. The highest BCUT2D eigenvalue weighted by Gasteiger charge is 2.00. The Morgan fingerprint density at radius 3 is 2.60 bits per heavy atom. The summed E-state index contributed by atoms with van der Waals surface area (Å²) in [5.74, 6) is 1.72. The van der Waals surface area contributed by atoms with Crippen molar-refractivity contribution in [2.24, 2.45) is 4.99 Å². The Kier molecular flexibility index (Phi) is 8.05. The molecule has 2 aromatic carbocycles. The van der Waals surface area contributed by atoms with Crippen molar-refractivity contribution < 1.29 is 9.47 Å². The number of aliphatic imine (C=N–C) groups is 1. The summed E-state index contributed by atoms with van der Waals surface area (Å²) < 4.78 is 10.6. The highest BCUT2D eigenvalue weighted by atomic mass is 16.5. The lowest BCUT2D eigenvalue weighted by Crippen LogP contribution is -2.38. The molecule has 2 N–H and O–H groups in total. The molecule has 2 rings (SSSR count). The quantitative estimate of drug-likeness (QED) is 0.417. The number of benzene rings is 2. The maximum atomic E-state index is 5.35. The van der Waals surface area contributed by atoms with Gasteiger partial charge in [0.25, 0.3) is 0 Å². The van der Waals surface area contributed by atoms with Gasteiger partial charge in [0.2, 0.25) is 0 Å². The summed E-state index contributed by atoms with van der Waals surface area (Å²) in [6.07, 6.45) is 0.968. The number of methoxy groups -OCH3 is 1. The fourth-order valence-corrected chi connectivity index (χ4v) is 2.54. The second kappa shape index (κ2) is 10.6. The molecule has 0 aliphatic heterocycles. The monoisotopic (exact) mass is 343 g/mol. The summed E-state index contributed by atoms with van der Waals surface area (Å²) in [6, 6.07) is 12.5. The second-order valence-electron chi connectivity index (χ2n) is 5.72. The maximum absolute atomic E-state index is 5.35. The predicted molar refractivity (Wildman–Crippen MR) is 104 cm³/mol. The zero-order valence-electron chi connectivity index (χ0n) is 15.5. The topological polar surface area (TPSA) is 54.9 Å². The number of fused-ring (bicyclic) bond motifs is 1. The van der Waals surface area contributed by atoms with E-state index in [-0.39, 0.29) is 0 Å². The van der Waals surface area contributed by atoms with Crippen molar-refractivity contribution in [3.05, 3.63) is 42.0 Å². The molecule has 0 atom stereocenters. The fraction of sp³-hybridized carbons (Fsp3) is 0.450. The first kappa shape index (κ1) is 19.1. The molecule has 0 spiro atoms. The Morgan fingerprint density at radius 1 is 1.04 bits per heavy atom. The summed E-state index contributed by atoms with van der Waals surface area (Å²) >= 11 is 0. The van der Waals surface area contributed by atoms with E-state index in [4.69, 9.17) is 9.47 Å². The Labute approximate surface area is 150 Å². The second-order valence-corrected chi connectivity index (χ2v) is 5.72. The number of ether oxygens (including phenoxy) is 2. The molecule has 0 heterocycles. The van der Waals surface area contributed by atoms with Crippen molar-refractivity contribution in [1.29, 1.82) is 0 Å². The zero-order chi connectivity index (χ0) is 17.9. The summed E-state index contributed by atoms with van der Waals surface area (Å²) in [7, 11) is 1.69. The summed E-state index contributed by atoms with van der Waals surface area (Å²) in [6.45, 7) is 7.96. The molecule has 0 aromatic heterocycles. The van der Waals surface area contributed by atoms with Crippen molar-refractivity contribution in [2.75, 3.05) is 33.4 Å². The van der Waals surface area contributed by atoms with E-state index in [0.717, 1.165) is 44.4 Å². The zero-order valence-corrected chi connectivity index (χ0v) is 15.5. The van der Waals surface area contributed by atoms with Crippen LogP contribution in [0.2, 0.25) is 0 Å². The SMILES string of the molecule is CCNC(=NCc1ccc2cc(OC)ccc2c1)NCCCOCC. The van der Waals surface area contributed by atoms with E-state index in [0.29, 0.717) is 6.54 Å². The van der Waals surface area contributed by atoms with Crippen molar-refractivity contribution in [3.8, 4) is 5.75 Å². The first-order chi connectivity index (χ1) is 12.3. The van der Waals surface area contributed by atoms with E-state index in [2.05, 4.69) is 46.8 Å².